The normalized spacial score (nSPS) is 24.0. The quantitative estimate of drug-likeness (QED) is 0.716. The molecule has 0 saturated heterocycles. The summed E-state index contributed by atoms with van der Waals surface area (Å²) in [6.45, 7) is 5.55. The zero-order valence-electron chi connectivity index (χ0n) is 13.2. The van der Waals surface area contributed by atoms with Crippen LogP contribution in [-0.4, -0.2) is 11.7 Å². The molecule has 0 aromatic heterocycles. The van der Waals surface area contributed by atoms with Crippen LogP contribution in [-0.2, 0) is 0 Å². The molecule has 0 radical (unpaired) electrons. The molecular formula is C18H28BrNO. The molecule has 2 rings (SSSR count). The Morgan fingerprint density at radius 2 is 1.86 bits per heavy atom. The van der Waals surface area contributed by atoms with Crippen LogP contribution in [0.1, 0.15) is 64.0 Å². The van der Waals surface area contributed by atoms with Crippen LogP contribution < -0.4 is 5.32 Å². The molecule has 0 spiro atoms. The molecule has 1 aromatic carbocycles. The van der Waals surface area contributed by atoms with Crippen LogP contribution in [0, 0.1) is 11.8 Å². The molecule has 1 aromatic rings. The van der Waals surface area contributed by atoms with Gasteiger partial charge in [0.05, 0.1) is 0 Å². The Kier molecular flexibility index (Phi) is 6.56. The molecule has 1 saturated carbocycles. The summed E-state index contributed by atoms with van der Waals surface area (Å²) in [5.41, 5.74) is 1.01. The van der Waals surface area contributed by atoms with Crippen molar-refractivity contribution in [3.8, 4) is 5.75 Å². The van der Waals surface area contributed by atoms with Gasteiger partial charge in [0.1, 0.15) is 5.75 Å². The molecule has 1 unspecified atom stereocenters. The van der Waals surface area contributed by atoms with Gasteiger partial charge in [-0.2, -0.15) is 0 Å². The van der Waals surface area contributed by atoms with E-state index in [1.807, 2.05) is 12.1 Å². The lowest BCUT2D eigenvalue weighted by molar-refractivity contribution is 0.255. The molecule has 0 aliphatic heterocycles. The number of nitrogens with one attached hydrogen (secondary N) is 1. The van der Waals surface area contributed by atoms with Crippen LogP contribution in [0.5, 0.6) is 5.75 Å². The van der Waals surface area contributed by atoms with Crippen molar-refractivity contribution in [2.45, 2.75) is 58.4 Å². The number of benzene rings is 1. The highest BCUT2D eigenvalue weighted by Crippen LogP contribution is 2.32. The van der Waals surface area contributed by atoms with E-state index in [4.69, 9.17) is 0 Å². The number of aromatic hydroxyl groups is 1. The molecule has 1 fully saturated rings. The lowest BCUT2D eigenvalue weighted by Crippen LogP contribution is -2.29. The lowest BCUT2D eigenvalue weighted by Gasteiger charge is -2.29. The van der Waals surface area contributed by atoms with Gasteiger partial charge in [0.2, 0.25) is 0 Å². The van der Waals surface area contributed by atoms with Gasteiger partial charge in [0.25, 0.3) is 0 Å². The first-order valence-electron chi connectivity index (χ1n) is 8.35. The Hall–Kier alpha value is -0.540. The largest absolute Gasteiger partial charge is 0.508 e. The first-order chi connectivity index (χ1) is 10.1. The molecule has 1 atom stereocenters. The summed E-state index contributed by atoms with van der Waals surface area (Å²) in [4.78, 5) is 0. The smallest absolute Gasteiger partial charge is 0.120 e. The van der Waals surface area contributed by atoms with E-state index in [2.05, 4.69) is 35.1 Å². The average molecular weight is 354 g/mol. The molecule has 2 N–H and O–H groups in total. The third kappa shape index (κ3) is 4.72. The fraction of sp³-hybridized carbons (Fsp3) is 0.667. The van der Waals surface area contributed by atoms with Gasteiger partial charge >= 0.3 is 0 Å². The first-order valence-corrected chi connectivity index (χ1v) is 9.15. The fourth-order valence-electron chi connectivity index (χ4n) is 3.43. The molecule has 2 nitrogen and oxygen atoms in total. The van der Waals surface area contributed by atoms with Crippen molar-refractivity contribution in [3.05, 3.63) is 28.2 Å². The molecule has 118 valence electrons. The van der Waals surface area contributed by atoms with Crippen LogP contribution in [0.15, 0.2) is 22.7 Å². The summed E-state index contributed by atoms with van der Waals surface area (Å²) in [6.07, 6.45) is 7.82. The summed E-state index contributed by atoms with van der Waals surface area (Å²) in [7, 11) is 0. The Morgan fingerprint density at radius 1 is 1.19 bits per heavy atom. The Balaban J connectivity index is 1.90. The van der Waals surface area contributed by atoms with Crippen molar-refractivity contribution >= 4 is 15.9 Å². The Labute approximate surface area is 137 Å². The number of rotatable bonds is 6. The summed E-state index contributed by atoms with van der Waals surface area (Å²) < 4.78 is 1.03. The van der Waals surface area contributed by atoms with Gasteiger partial charge in [-0.15, -0.1) is 0 Å². The number of phenolic OH excluding ortho intramolecular Hbond substituents is 1. The van der Waals surface area contributed by atoms with Crippen molar-refractivity contribution in [1.29, 1.82) is 0 Å². The summed E-state index contributed by atoms with van der Waals surface area (Å²) >= 11 is 3.50. The van der Waals surface area contributed by atoms with Crippen molar-refractivity contribution in [2.24, 2.45) is 11.8 Å². The second-order valence-corrected chi connectivity index (χ2v) is 7.28. The Morgan fingerprint density at radius 3 is 2.48 bits per heavy atom. The van der Waals surface area contributed by atoms with Crippen molar-refractivity contribution < 1.29 is 5.11 Å². The van der Waals surface area contributed by atoms with Gasteiger partial charge in [-0.3, -0.25) is 0 Å². The summed E-state index contributed by atoms with van der Waals surface area (Å²) in [5, 5.41) is 13.8. The van der Waals surface area contributed by atoms with Crippen molar-refractivity contribution in [2.75, 3.05) is 6.54 Å². The van der Waals surface area contributed by atoms with E-state index in [0.29, 0.717) is 5.75 Å². The molecular weight excluding hydrogens is 326 g/mol. The van der Waals surface area contributed by atoms with Gasteiger partial charge in [-0.25, -0.2) is 0 Å². The molecule has 0 amide bonds. The monoisotopic (exact) mass is 353 g/mol. The van der Waals surface area contributed by atoms with Gasteiger partial charge in [0, 0.05) is 16.1 Å². The lowest BCUT2D eigenvalue weighted by atomic mass is 9.81. The molecule has 3 heteroatoms. The second-order valence-electron chi connectivity index (χ2n) is 6.37. The van der Waals surface area contributed by atoms with Crippen molar-refractivity contribution in [3.63, 3.8) is 0 Å². The highest BCUT2D eigenvalue weighted by atomic mass is 79.9. The van der Waals surface area contributed by atoms with Gasteiger partial charge in [0.15, 0.2) is 0 Å². The van der Waals surface area contributed by atoms with Crippen molar-refractivity contribution in [1.82, 2.24) is 5.32 Å². The fourth-order valence-corrected chi connectivity index (χ4v) is 3.81. The molecule has 1 aliphatic rings. The topological polar surface area (TPSA) is 32.3 Å². The van der Waals surface area contributed by atoms with Gasteiger partial charge in [-0.1, -0.05) is 49.0 Å². The molecule has 21 heavy (non-hydrogen) atoms. The van der Waals surface area contributed by atoms with Crippen LogP contribution in [0.2, 0.25) is 0 Å². The van der Waals surface area contributed by atoms with E-state index < -0.39 is 0 Å². The maximum atomic E-state index is 10.1. The van der Waals surface area contributed by atoms with Crippen LogP contribution in [0.3, 0.4) is 0 Å². The standard InChI is InChI=1S/C18H28BrNO/c1-3-13-5-7-14(8-6-13)12-20-17(4-2)16-11-15(19)9-10-18(16)21/h9-11,13-14,17,20-21H,3-8,12H2,1-2H3. The number of halogens is 1. The summed E-state index contributed by atoms with van der Waals surface area (Å²) in [6, 6.07) is 5.93. The van der Waals surface area contributed by atoms with E-state index >= 15 is 0 Å². The molecule has 0 heterocycles. The number of hydrogen-bond acceptors (Lipinski definition) is 2. The average Bonchev–Trinajstić information content (AvgIpc) is 2.51. The number of hydrogen-bond donors (Lipinski definition) is 2. The highest BCUT2D eigenvalue weighted by Gasteiger charge is 2.21. The van der Waals surface area contributed by atoms with Crippen LogP contribution in [0.4, 0.5) is 0 Å². The minimum Gasteiger partial charge on any atom is -0.508 e. The SMILES string of the molecule is CCC1CCC(CNC(CC)c2cc(Br)ccc2O)CC1. The summed E-state index contributed by atoms with van der Waals surface area (Å²) in [5.74, 6) is 2.15. The van der Waals surface area contributed by atoms with E-state index in [0.717, 1.165) is 34.8 Å². The highest BCUT2D eigenvalue weighted by molar-refractivity contribution is 9.10. The third-order valence-corrected chi connectivity index (χ3v) is 5.46. The van der Waals surface area contributed by atoms with E-state index in [-0.39, 0.29) is 6.04 Å². The van der Waals surface area contributed by atoms with E-state index in [1.54, 1.807) is 6.07 Å². The third-order valence-electron chi connectivity index (χ3n) is 4.97. The Bertz CT molecular complexity index is 441. The zero-order valence-corrected chi connectivity index (χ0v) is 14.8. The maximum absolute atomic E-state index is 10.1. The predicted molar refractivity (Wildman–Crippen MR) is 92.6 cm³/mol. The minimum atomic E-state index is 0.242. The predicted octanol–water partition coefficient (Wildman–Crippen LogP) is 5.41. The zero-order chi connectivity index (χ0) is 15.2. The van der Waals surface area contributed by atoms with E-state index in [1.165, 1.54) is 32.1 Å². The van der Waals surface area contributed by atoms with E-state index in [9.17, 15) is 5.11 Å². The molecule has 1 aliphatic carbocycles. The van der Waals surface area contributed by atoms with Crippen LogP contribution >= 0.6 is 15.9 Å². The number of phenols is 1. The molecule has 0 bridgehead atoms. The van der Waals surface area contributed by atoms with Crippen LogP contribution in [0.25, 0.3) is 0 Å². The van der Waals surface area contributed by atoms with Gasteiger partial charge in [-0.05, 0) is 55.8 Å². The first kappa shape index (κ1) is 16.8. The van der Waals surface area contributed by atoms with Gasteiger partial charge < -0.3 is 10.4 Å². The maximum Gasteiger partial charge on any atom is 0.120 e. The second kappa shape index (κ2) is 8.19. The minimum absolute atomic E-state index is 0.242.